The number of benzene rings is 5. The van der Waals surface area contributed by atoms with Crippen LogP contribution in [-0.4, -0.2) is 152 Å². The van der Waals surface area contributed by atoms with Gasteiger partial charge in [-0.1, -0.05) is 57.2 Å². The number of nitrogens with one attached hydrogen (secondary N) is 3. The predicted octanol–water partition coefficient (Wildman–Crippen LogP) is 8.67. The number of fused-ring (bicyclic) bond motifs is 1. The summed E-state index contributed by atoms with van der Waals surface area (Å²) >= 11 is 3.11. The monoisotopic (exact) mass is 1180 g/mol. The van der Waals surface area contributed by atoms with Gasteiger partial charge in [-0.2, -0.15) is 5.10 Å². The van der Waals surface area contributed by atoms with Gasteiger partial charge in [0.1, 0.15) is 42.5 Å². The Balaban J connectivity index is 0.630. The number of thiophene rings is 1. The molecule has 444 valence electrons. The number of amides is 4. The van der Waals surface area contributed by atoms with Crippen molar-refractivity contribution in [2.75, 3.05) is 79.2 Å². The molecule has 1 fully saturated rings. The van der Waals surface area contributed by atoms with Crippen LogP contribution < -0.4 is 20.8 Å². The first-order valence-electron chi connectivity index (χ1n) is 27.7. The summed E-state index contributed by atoms with van der Waals surface area (Å²) in [7, 11) is 0. The normalized spacial score (nSPS) is 15.1. The Kier molecular flexibility index (Phi) is 22.5. The Hall–Kier alpha value is -7.60. The number of hydrogen-bond donors (Lipinski definition) is 6. The van der Waals surface area contributed by atoms with E-state index in [0.717, 1.165) is 58.9 Å². The Labute approximate surface area is 496 Å². The molecule has 0 bridgehead atoms. The summed E-state index contributed by atoms with van der Waals surface area (Å²) in [6.07, 6.45) is 0.741. The molecule has 1 aliphatic rings. The number of aromatic hydroxyl groups is 2. The average molecular weight is 1190 g/mol. The molecule has 21 heteroatoms. The van der Waals surface area contributed by atoms with Crippen molar-refractivity contribution in [1.29, 1.82) is 0 Å². The van der Waals surface area contributed by atoms with Gasteiger partial charge in [0.15, 0.2) is 0 Å². The fourth-order valence-corrected chi connectivity index (χ4v) is 11.4. The first-order chi connectivity index (χ1) is 40.5. The molecule has 1 saturated heterocycles. The van der Waals surface area contributed by atoms with E-state index < -0.39 is 35.4 Å². The van der Waals surface area contributed by atoms with Gasteiger partial charge in [0.2, 0.25) is 17.7 Å². The van der Waals surface area contributed by atoms with Crippen molar-refractivity contribution in [1.82, 2.24) is 25.9 Å². The topological polar surface area (TPSA) is 249 Å². The standard InChI is InChI=1S/C63H72N6O13S2/c1-40(43-8-12-45(13-9-43)57-41(2)64-39-83-57)66-61(75)53-34-50(72)37-69(53)62(76)59(63(3,4)5)67-55(73)38-81-31-30-79-27-26-77-24-25-78-28-29-80-32-33-82-51-21-6-42(7-22-51)36-65-68-60(74)47-14-10-44(11-15-47)56-52-23-20-49(71)35-54(52)84-58(56)46-16-18-48(70)19-17-46/h6-23,35-36,39-40,50,53,59,70-72H,24-34,37-38H2,1-5H3,(H,66,75)(H,67,73)(H,68,74). The summed E-state index contributed by atoms with van der Waals surface area (Å²) in [4.78, 5) is 61.4. The van der Waals surface area contributed by atoms with E-state index >= 15 is 0 Å². The first-order valence-corrected chi connectivity index (χ1v) is 29.4. The molecule has 6 N–H and O–H groups in total. The molecule has 0 radical (unpaired) electrons. The van der Waals surface area contributed by atoms with Gasteiger partial charge >= 0.3 is 0 Å². The Morgan fingerprint density at radius 3 is 1.93 bits per heavy atom. The smallest absolute Gasteiger partial charge is 0.271 e. The number of rotatable bonds is 29. The Bertz CT molecular complexity index is 3310. The molecule has 4 unspecified atom stereocenters. The van der Waals surface area contributed by atoms with Crippen LogP contribution in [0.5, 0.6) is 17.2 Å². The predicted molar refractivity (Wildman–Crippen MR) is 323 cm³/mol. The summed E-state index contributed by atoms with van der Waals surface area (Å²) in [5, 5.41) is 41.5. The van der Waals surface area contributed by atoms with Gasteiger partial charge < -0.3 is 59.3 Å². The van der Waals surface area contributed by atoms with Crippen LogP contribution in [0.15, 0.2) is 126 Å². The highest BCUT2D eigenvalue weighted by Gasteiger charge is 2.44. The fraction of sp³-hybridized carbons (Fsp3) is 0.365. The lowest BCUT2D eigenvalue weighted by molar-refractivity contribution is -0.144. The number of carbonyl (C=O) groups excluding carboxylic acids is 4. The number of aryl methyl sites for hydroxylation is 1. The molecule has 5 aromatic carbocycles. The number of phenolic OH excluding ortho intramolecular Hbond substituents is 2. The molecule has 0 saturated carbocycles. The van der Waals surface area contributed by atoms with Crippen LogP contribution in [0.3, 0.4) is 0 Å². The number of thiazole rings is 1. The minimum absolute atomic E-state index is 0.0309. The summed E-state index contributed by atoms with van der Waals surface area (Å²) < 4.78 is 34.6. The number of nitrogens with zero attached hydrogens (tertiary/aromatic N) is 3. The van der Waals surface area contributed by atoms with Crippen LogP contribution in [0, 0.1) is 12.3 Å². The number of likely N-dealkylation sites (tertiary alicyclic amines) is 1. The van der Waals surface area contributed by atoms with Gasteiger partial charge in [-0.3, -0.25) is 19.2 Å². The third kappa shape index (κ3) is 17.5. The van der Waals surface area contributed by atoms with Crippen molar-refractivity contribution in [3.05, 3.63) is 143 Å². The Morgan fingerprint density at radius 2 is 1.31 bits per heavy atom. The largest absolute Gasteiger partial charge is 0.508 e. The maximum atomic E-state index is 14.0. The van der Waals surface area contributed by atoms with Crippen LogP contribution in [0.1, 0.15) is 67.3 Å². The Morgan fingerprint density at radius 1 is 0.726 bits per heavy atom. The molecular formula is C63H72N6O13S2. The zero-order chi connectivity index (χ0) is 59.6. The van der Waals surface area contributed by atoms with Crippen LogP contribution >= 0.6 is 22.7 Å². The molecule has 4 amide bonds. The maximum absolute atomic E-state index is 14.0. The first kappa shape index (κ1) is 62.4. The number of aliphatic hydroxyl groups is 1. The van der Waals surface area contributed by atoms with E-state index in [0.29, 0.717) is 64.2 Å². The fourth-order valence-electron chi connectivity index (χ4n) is 9.34. The van der Waals surface area contributed by atoms with Gasteiger partial charge in [-0.25, -0.2) is 10.4 Å². The van der Waals surface area contributed by atoms with Crippen LogP contribution in [0.4, 0.5) is 0 Å². The number of aliphatic hydroxyl groups excluding tert-OH is 1. The lowest BCUT2D eigenvalue weighted by Gasteiger charge is -2.35. The molecular weight excluding hydrogens is 1110 g/mol. The number of phenols is 2. The quantitative estimate of drug-likeness (QED) is 0.0146. The zero-order valence-electron chi connectivity index (χ0n) is 47.7. The molecule has 0 spiro atoms. The zero-order valence-corrected chi connectivity index (χ0v) is 49.3. The summed E-state index contributed by atoms with van der Waals surface area (Å²) in [6.45, 7) is 12.2. The van der Waals surface area contributed by atoms with E-state index in [4.69, 9.17) is 28.4 Å². The van der Waals surface area contributed by atoms with E-state index in [9.17, 15) is 34.5 Å². The van der Waals surface area contributed by atoms with Crippen molar-refractivity contribution in [3.8, 4) is 49.3 Å². The van der Waals surface area contributed by atoms with Crippen LogP contribution in [-0.2, 0) is 38.1 Å². The van der Waals surface area contributed by atoms with Gasteiger partial charge in [-0.15, -0.1) is 22.7 Å². The molecule has 0 aliphatic carbocycles. The van der Waals surface area contributed by atoms with Crippen molar-refractivity contribution in [3.63, 3.8) is 0 Å². The van der Waals surface area contributed by atoms with Crippen molar-refractivity contribution >= 4 is 62.6 Å². The minimum atomic E-state index is -0.982. The van der Waals surface area contributed by atoms with Gasteiger partial charge in [-0.05, 0) is 126 Å². The number of aromatic nitrogens is 1. The van der Waals surface area contributed by atoms with Crippen molar-refractivity contribution in [2.45, 2.75) is 65.3 Å². The van der Waals surface area contributed by atoms with Crippen molar-refractivity contribution < 1.29 is 62.9 Å². The molecule has 3 heterocycles. The molecule has 1 aliphatic heterocycles. The highest BCUT2D eigenvalue weighted by Crippen LogP contribution is 2.46. The number of carbonyl (C=O) groups is 4. The van der Waals surface area contributed by atoms with E-state index in [-0.39, 0.29) is 62.1 Å². The van der Waals surface area contributed by atoms with Gasteiger partial charge in [0.05, 0.1) is 93.9 Å². The minimum Gasteiger partial charge on any atom is -0.508 e. The second-order valence-corrected chi connectivity index (χ2v) is 23.0. The van der Waals surface area contributed by atoms with Gasteiger partial charge in [0.25, 0.3) is 5.91 Å². The summed E-state index contributed by atoms with van der Waals surface area (Å²) in [5.74, 6) is -0.688. The molecule has 7 aromatic rings. The highest BCUT2D eigenvalue weighted by atomic mass is 32.1. The number of ether oxygens (including phenoxy) is 6. The number of β-amino-alcohol motifs (C(OH)–C–C–N with tert-alkyl or cyclic N) is 1. The molecule has 4 atom stereocenters. The third-order valence-corrected chi connectivity index (χ3v) is 16.0. The van der Waals surface area contributed by atoms with E-state index in [2.05, 4.69) is 26.1 Å². The molecule has 8 rings (SSSR count). The van der Waals surface area contributed by atoms with E-state index in [1.54, 1.807) is 77.4 Å². The lowest BCUT2D eigenvalue weighted by atomic mass is 9.85. The lowest BCUT2D eigenvalue weighted by Crippen LogP contribution is -2.58. The third-order valence-electron chi connectivity index (χ3n) is 13.8. The summed E-state index contributed by atoms with van der Waals surface area (Å²) in [6, 6.07) is 32.4. The molecule has 19 nitrogen and oxygen atoms in total. The second-order valence-electron chi connectivity index (χ2n) is 21.1. The highest BCUT2D eigenvalue weighted by molar-refractivity contribution is 7.23. The average Bonchev–Trinajstić information content (AvgIpc) is 2.63. The molecule has 84 heavy (non-hydrogen) atoms. The second kappa shape index (κ2) is 30.3. The number of hydrazone groups is 1. The van der Waals surface area contributed by atoms with Gasteiger partial charge in [0, 0.05) is 39.1 Å². The van der Waals surface area contributed by atoms with Crippen LogP contribution in [0.25, 0.3) is 42.1 Å². The maximum Gasteiger partial charge on any atom is 0.271 e. The van der Waals surface area contributed by atoms with Crippen molar-refractivity contribution in [2.24, 2.45) is 10.5 Å². The van der Waals surface area contributed by atoms with Crippen LogP contribution in [0.2, 0.25) is 0 Å². The van der Waals surface area contributed by atoms with E-state index in [1.165, 1.54) is 4.90 Å². The summed E-state index contributed by atoms with van der Waals surface area (Å²) in [5.41, 5.74) is 10.6. The van der Waals surface area contributed by atoms with E-state index in [1.807, 2.05) is 107 Å². The SMILES string of the molecule is Cc1ncsc1-c1ccc(C(C)NC(=O)C2CC(O)CN2C(=O)C(NC(=O)COCCOCCOCCOCCOCCOc2ccc(C=NNC(=O)c3ccc(-c4c(-c5ccc(O)cc5)sc5cc(O)ccc45)cc3)cc2)C(C)(C)C)cc1. The number of hydrogen-bond acceptors (Lipinski definition) is 17. The molecule has 2 aromatic heterocycles.